The third kappa shape index (κ3) is 4.21. The Morgan fingerprint density at radius 3 is 2.50 bits per heavy atom. The Bertz CT molecular complexity index is 597. The molecular formula is C15H14INO3. The molecule has 5 heteroatoms. The van der Waals surface area contributed by atoms with Crippen molar-refractivity contribution in [2.75, 3.05) is 13.2 Å². The van der Waals surface area contributed by atoms with Crippen LogP contribution in [0, 0.1) is 3.57 Å². The highest BCUT2D eigenvalue weighted by Crippen LogP contribution is 2.20. The number of hydrogen-bond donors (Lipinski definition) is 2. The zero-order valence-electron chi connectivity index (χ0n) is 10.7. The maximum Gasteiger partial charge on any atom is 0.227 e. The number of hydrogen-bond acceptors (Lipinski definition) is 4. The lowest BCUT2D eigenvalue weighted by Gasteiger charge is -2.05. The SMILES string of the molecule is OCCOc1ncc(/C=C/c2ccc(O)cc2)cc1I. The van der Waals surface area contributed by atoms with Crippen molar-refractivity contribution in [3.8, 4) is 11.6 Å². The van der Waals surface area contributed by atoms with E-state index in [9.17, 15) is 5.11 Å². The fraction of sp³-hybridized carbons (Fsp3) is 0.133. The number of benzene rings is 1. The molecule has 0 aliphatic rings. The van der Waals surface area contributed by atoms with Gasteiger partial charge < -0.3 is 14.9 Å². The van der Waals surface area contributed by atoms with E-state index in [4.69, 9.17) is 9.84 Å². The summed E-state index contributed by atoms with van der Waals surface area (Å²) in [7, 11) is 0. The van der Waals surface area contributed by atoms with E-state index >= 15 is 0 Å². The molecule has 0 unspecified atom stereocenters. The van der Waals surface area contributed by atoms with E-state index in [2.05, 4.69) is 27.6 Å². The third-order valence-electron chi connectivity index (χ3n) is 2.52. The van der Waals surface area contributed by atoms with Gasteiger partial charge in [-0.15, -0.1) is 0 Å². The molecule has 0 saturated carbocycles. The van der Waals surface area contributed by atoms with Crippen LogP contribution in [0.15, 0.2) is 36.5 Å². The molecule has 1 aromatic heterocycles. The number of aliphatic hydroxyl groups is 1. The van der Waals surface area contributed by atoms with Gasteiger partial charge in [-0.05, 0) is 51.9 Å². The molecule has 0 amide bonds. The van der Waals surface area contributed by atoms with E-state index in [1.807, 2.05) is 30.4 Å². The van der Waals surface area contributed by atoms with Crippen LogP contribution in [-0.4, -0.2) is 28.4 Å². The molecule has 0 atom stereocenters. The van der Waals surface area contributed by atoms with E-state index in [0.717, 1.165) is 14.7 Å². The number of aliphatic hydroxyl groups excluding tert-OH is 1. The number of halogens is 1. The number of pyridine rings is 1. The minimum Gasteiger partial charge on any atom is -0.508 e. The summed E-state index contributed by atoms with van der Waals surface area (Å²) >= 11 is 2.15. The standard InChI is InChI=1S/C15H14INO3/c16-14-9-12(10-17-15(14)20-8-7-18)2-1-11-3-5-13(19)6-4-11/h1-6,9-10,18-19H,7-8H2/b2-1+. The third-order valence-corrected chi connectivity index (χ3v) is 3.29. The van der Waals surface area contributed by atoms with E-state index in [1.54, 1.807) is 18.3 Å². The van der Waals surface area contributed by atoms with E-state index in [-0.39, 0.29) is 19.0 Å². The largest absolute Gasteiger partial charge is 0.508 e. The normalized spacial score (nSPS) is 10.9. The minimum absolute atomic E-state index is 0.0275. The Hall–Kier alpha value is -1.60. The summed E-state index contributed by atoms with van der Waals surface area (Å²) in [6, 6.07) is 8.92. The maximum atomic E-state index is 9.21. The quantitative estimate of drug-likeness (QED) is 0.780. The van der Waals surface area contributed by atoms with Crippen molar-refractivity contribution in [1.29, 1.82) is 0 Å². The van der Waals surface area contributed by atoms with Crippen LogP contribution in [0.1, 0.15) is 11.1 Å². The van der Waals surface area contributed by atoms with Gasteiger partial charge in [0.05, 0.1) is 10.2 Å². The number of aromatic nitrogens is 1. The number of nitrogens with zero attached hydrogens (tertiary/aromatic N) is 1. The lowest BCUT2D eigenvalue weighted by atomic mass is 10.1. The van der Waals surface area contributed by atoms with Crippen LogP contribution in [0.3, 0.4) is 0 Å². The van der Waals surface area contributed by atoms with Gasteiger partial charge in [-0.25, -0.2) is 4.98 Å². The van der Waals surface area contributed by atoms with Crippen molar-refractivity contribution in [2.24, 2.45) is 0 Å². The molecule has 2 N–H and O–H groups in total. The second kappa shape index (κ2) is 7.25. The average molecular weight is 383 g/mol. The predicted octanol–water partition coefficient (Wildman–Crippen LogP) is 2.93. The summed E-state index contributed by atoms with van der Waals surface area (Å²) in [5.74, 6) is 0.783. The molecule has 2 rings (SSSR count). The minimum atomic E-state index is -0.0275. The monoisotopic (exact) mass is 383 g/mol. The molecular weight excluding hydrogens is 369 g/mol. The lowest BCUT2D eigenvalue weighted by Crippen LogP contribution is -2.04. The Balaban J connectivity index is 2.09. The zero-order valence-corrected chi connectivity index (χ0v) is 12.8. The first-order valence-electron chi connectivity index (χ1n) is 6.05. The van der Waals surface area contributed by atoms with Crippen molar-refractivity contribution in [3.05, 3.63) is 51.2 Å². The molecule has 0 bridgehead atoms. The van der Waals surface area contributed by atoms with Gasteiger partial charge in [0.2, 0.25) is 5.88 Å². The Labute approximate surface area is 130 Å². The van der Waals surface area contributed by atoms with Gasteiger partial charge >= 0.3 is 0 Å². The number of aromatic hydroxyl groups is 1. The van der Waals surface area contributed by atoms with E-state index in [1.165, 1.54) is 0 Å². The zero-order chi connectivity index (χ0) is 14.4. The summed E-state index contributed by atoms with van der Waals surface area (Å²) in [6.07, 6.45) is 5.60. The molecule has 0 aliphatic heterocycles. The van der Waals surface area contributed by atoms with Gasteiger partial charge in [-0.1, -0.05) is 24.3 Å². The topological polar surface area (TPSA) is 62.6 Å². The molecule has 4 nitrogen and oxygen atoms in total. The molecule has 0 fully saturated rings. The molecule has 0 radical (unpaired) electrons. The Kier molecular flexibility index (Phi) is 5.37. The fourth-order valence-corrected chi connectivity index (χ4v) is 2.21. The molecule has 0 aliphatic carbocycles. The smallest absolute Gasteiger partial charge is 0.227 e. The van der Waals surface area contributed by atoms with Crippen LogP contribution < -0.4 is 4.74 Å². The van der Waals surface area contributed by atoms with Gasteiger partial charge in [-0.2, -0.15) is 0 Å². The summed E-state index contributed by atoms with van der Waals surface area (Å²) in [5, 5.41) is 17.9. The number of rotatable bonds is 5. The van der Waals surface area contributed by atoms with Gasteiger partial charge in [0, 0.05) is 6.20 Å². The van der Waals surface area contributed by atoms with Gasteiger partial charge in [0.1, 0.15) is 12.4 Å². The highest BCUT2D eigenvalue weighted by atomic mass is 127. The van der Waals surface area contributed by atoms with Crippen molar-refractivity contribution in [1.82, 2.24) is 4.98 Å². The summed E-state index contributed by atoms with van der Waals surface area (Å²) in [4.78, 5) is 4.21. The average Bonchev–Trinajstić information content (AvgIpc) is 2.46. The van der Waals surface area contributed by atoms with Crippen LogP contribution in [0.5, 0.6) is 11.6 Å². The molecule has 0 saturated heterocycles. The van der Waals surface area contributed by atoms with Crippen molar-refractivity contribution >= 4 is 34.7 Å². The van der Waals surface area contributed by atoms with Gasteiger partial charge in [-0.3, -0.25) is 0 Å². The van der Waals surface area contributed by atoms with Crippen LogP contribution in [0.25, 0.3) is 12.2 Å². The fourth-order valence-electron chi connectivity index (χ4n) is 1.56. The van der Waals surface area contributed by atoms with Crippen molar-refractivity contribution in [2.45, 2.75) is 0 Å². The summed E-state index contributed by atoms with van der Waals surface area (Å²) in [6.45, 7) is 0.214. The van der Waals surface area contributed by atoms with Gasteiger partial charge in [0.25, 0.3) is 0 Å². The number of ether oxygens (including phenoxy) is 1. The highest BCUT2D eigenvalue weighted by molar-refractivity contribution is 14.1. The molecule has 0 spiro atoms. The molecule has 1 aromatic carbocycles. The predicted molar refractivity (Wildman–Crippen MR) is 86.6 cm³/mol. The van der Waals surface area contributed by atoms with E-state index < -0.39 is 0 Å². The van der Waals surface area contributed by atoms with Gasteiger partial charge in [0.15, 0.2) is 0 Å². The van der Waals surface area contributed by atoms with Crippen LogP contribution in [0.4, 0.5) is 0 Å². The first-order chi connectivity index (χ1) is 9.69. The summed E-state index contributed by atoms with van der Waals surface area (Å²) in [5.41, 5.74) is 1.96. The lowest BCUT2D eigenvalue weighted by molar-refractivity contribution is 0.196. The van der Waals surface area contributed by atoms with Crippen LogP contribution >= 0.6 is 22.6 Å². The summed E-state index contributed by atoms with van der Waals surface area (Å²) < 4.78 is 6.19. The van der Waals surface area contributed by atoms with Crippen molar-refractivity contribution < 1.29 is 14.9 Å². The molecule has 104 valence electrons. The second-order valence-corrected chi connectivity index (χ2v) is 5.21. The van der Waals surface area contributed by atoms with Crippen LogP contribution in [0.2, 0.25) is 0 Å². The molecule has 1 heterocycles. The molecule has 20 heavy (non-hydrogen) atoms. The first kappa shape index (κ1) is 14.8. The number of phenolic OH excluding ortho intramolecular Hbond substituents is 1. The second-order valence-electron chi connectivity index (χ2n) is 4.05. The number of phenols is 1. The highest BCUT2D eigenvalue weighted by Gasteiger charge is 2.02. The Morgan fingerprint density at radius 1 is 1.15 bits per heavy atom. The van der Waals surface area contributed by atoms with E-state index in [0.29, 0.717) is 5.88 Å². The maximum absolute atomic E-state index is 9.21. The Morgan fingerprint density at radius 2 is 1.85 bits per heavy atom. The first-order valence-corrected chi connectivity index (χ1v) is 7.13. The van der Waals surface area contributed by atoms with Crippen molar-refractivity contribution in [3.63, 3.8) is 0 Å². The van der Waals surface area contributed by atoms with Crippen LogP contribution in [-0.2, 0) is 0 Å². The molecule has 2 aromatic rings.